The Balaban J connectivity index is 2.92. The Kier molecular flexibility index (Phi) is 2.28. The maximum absolute atomic E-state index is 4.31. The van der Waals surface area contributed by atoms with Crippen LogP contribution in [-0.4, -0.2) is 27.5 Å². The van der Waals surface area contributed by atoms with Gasteiger partial charge in [0.1, 0.15) is 0 Å². The smallest absolute Gasteiger partial charge is 0.0528 e. The lowest BCUT2D eigenvalue weighted by molar-refractivity contribution is 0.987. The van der Waals surface area contributed by atoms with E-state index in [0.717, 1.165) is 0 Å². The molecule has 0 unspecified atom stereocenters. The summed E-state index contributed by atoms with van der Waals surface area (Å²) in [5.41, 5.74) is 1.25. The van der Waals surface area contributed by atoms with Crippen molar-refractivity contribution in [3.05, 3.63) is 18.0 Å². The number of hydrogen-bond acceptors (Lipinski definition) is 1. The third-order valence-electron chi connectivity index (χ3n) is 1.90. The summed E-state index contributed by atoms with van der Waals surface area (Å²) in [6, 6.07) is 0. The van der Waals surface area contributed by atoms with Crippen molar-refractivity contribution in [1.82, 2.24) is 9.19 Å². The molecule has 1 heterocycles. The van der Waals surface area contributed by atoms with Gasteiger partial charge in [-0.05, 0) is 30.8 Å². The molecule has 1 rings (SSSR count). The topological polar surface area (TPSA) is 17.8 Å². The molecule has 0 N–H and O–H groups in total. The first-order valence-electron chi connectivity index (χ1n) is 3.79. The van der Waals surface area contributed by atoms with Crippen LogP contribution >= 0.6 is 10.2 Å². The number of nitrogens with zero attached hydrogens (tertiary/aromatic N) is 2. The predicted molar refractivity (Wildman–Crippen MR) is 52.3 cm³/mol. The first-order chi connectivity index (χ1) is 5.06. The van der Waals surface area contributed by atoms with Gasteiger partial charge in [0, 0.05) is 6.20 Å². The van der Waals surface area contributed by atoms with E-state index in [2.05, 4.69) is 41.7 Å². The van der Waals surface area contributed by atoms with Crippen LogP contribution in [-0.2, 0) is 0 Å². The van der Waals surface area contributed by atoms with E-state index in [9.17, 15) is 0 Å². The van der Waals surface area contributed by atoms with Crippen molar-refractivity contribution in [3.63, 3.8) is 0 Å². The van der Waals surface area contributed by atoms with Crippen LogP contribution in [0.25, 0.3) is 0 Å². The fourth-order valence-electron chi connectivity index (χ4n) is 0.791. The summed E-state index contributed by atoms with van der Waals surface area (Å²) >= 11 is 0. The molecule has 0 bridgehead atoms. The summed E-state index contributed by atoms with van der Waals surface area (Å²) in [5.74, 6) is 1.19. The standard InChI is InChI=1S/C8H16N2S/c1-5-11(3,4)10-7-8(2)6-9-10/h6-7H,5H2,1-4H3. The Bertz CT molecular complexity index is 240. The molecule has 0 amide bonds. The molecule has 2 nitrogen and oxygen atoms in total. The lowest BCUT2D eigenvalue weighted by atomic mass is 10.4. The van der Waals surface area contributed by atoms with Crippen molar-refractivity contribution in [2.45, 2.75) is 13.8 Å². The van der Waals surface area contributed by atoms with Crippen molar-refractivity contribution in [2.24, 2.45) is 0 Å². The molecular formula is C8H16N2S. The van der Waals surface area contributed by atoms with E-state index < -0.39 is 10.2 Å². The molecule has 0 saturated carbocycles. The summed E-state index contributed by atoms with van der Waals surface area (Å²) in [6.45, 7) is 4.29. The summed E-state index contributed by atoms with van der Waals surface area (Å²) in [5, 5.41) is 4.31. The molecule has 0 fully saturated rings. The highest BCUT2D eigenvalue weighted by atomic mass is 32.3. The Morgan fingerprint density at radius 2 is 2.18 bits per heavy atom. The van der Waals surface area contributed by atoms with E-state index in [0.29, 0.717) is 0 Å². The average Bonchev–Trinajstić information content (AvgIpc) is 2.36. The van der Waals surface area contributed by atoms with Gasteiger partial charge in [0.2, 0.25) is 0 Å². The van der Waals surface area contributed by atoms with Gasteiger partial charge in [-0.1, -0.05) is 6.92 Å². The number of aryl methyl sites for hydroxylation is 1. The fourth-order valence-corrected chi connectivity index (χ4v) is 1.81. The molecule has 0 radical (unpaired) electrons. The molecule has 64 valence electrons. The minimum absolute atomic E-state index is 0.672. The van der Waals surface area contributed by atoms with Gasteiger partial charge in [0.15, 0.2) is 0 Å². The molecular weight excluding hydrogens is 156 g/mol. The highest BCUT2D eigenvalue weighted by molar-refractivity contribution is 8.31. The Morgan fingerprint density at radius 3 is 2.55 bits per heavy atom. The van der Waals surface area contributed by atoms with E-state index in [-0.39, 0.29) is 0 Å². The summed E-state index contributed by atoms with van der Waals surface area (Å²) in [6.07, 6.45) is 8.60. The molecule has 0 saturated heterocycles. The molecule has 0 aromatic carbocycles. The Morgan fingerprint density at radius 1 is 1.55 bits per heavy atom. The van der Waals surface area contributed by atoms with Crippen LogP contribution in [0.2, 0.25) is 0 Å². The van der Waals surface area contributed by atoms with Crippen molar-refractivity contribution in [3.8, 4) is 0 Å². The molecule has 0 aliphatic rings. The van der Waals surface area contributed by atoms with Gasteiger partial charge in [-0.25, -0.2) is 4.09 Å². The van der Waals surface area contributed by atoms with Crippen LogP contribution in [0, 0.1) is 6.92 Å². The Labute approximate surface area is 70.1 Å². The van der Waals surface area contributed by atoms with Crippen LogP contribution in [0.1, 0.15) is 12.5 Å². The zero-order chi connectivity index (χ0) is 8.48. The van der Waals surface area contributed by atoms with E-state index in [4.69, 9.17) is 0 Å². The third-order valence-corrected chi connectivity index (χ3v) is 4.53. The van der Waals surface area contributed by atoms with E-state index in [1.54, 1.807) is 0 Å². The zero-order valence-corrected chi connectivity index (χ0v) is 8.48. The quantitative estimate of drug-likeness (QED) is 0.667. The van der Waals surface area contributed by atoms with Gasteiger partial charge in [0.25, 0.3) is 0 Å². The van der Waals surface area contributed by atoms with Gasteiger partial charge < -0.3 is 0 Å². The molecule has 3 heteroatoms. The van der Waals surface area contributed by atoms with Crippen molar-refractivity contribution in [2.75, 3.05) is 18.3 Å². The summed E-state index contributed by atoms with van der Waals surface area (Å²) in [7, 11) is -0.672. The van der Waals surface area contributed by atoms with Gasteiger partial charge in [-0.3, -0.25) is 0 Å². The van der Waals surface area contributed by atoms with Crippen LogP contribution in [0.4, 0.5) is 0 Å². The van der Waals surface area contributed by atoms with Gasteiger partial charge in [-0.15, -0.1) is 0 Å². The summed E-state index contributed by atoms with van der Waals surface area (Å²) in [4.78, 5) is 0. The second kappa shape index (κ2) is 2.89. The van der Waals surface area contributed by atoms with Crippen LogP contribution in [0.5, 0.6) is 0 Å². The van der Waals surface area contributed by atoms with E-state index >= 15 is 0 Å². The molecule has 1 aromatic rings. The van der Waals surface area contributed by atoms with Crippen LogP contribution < -0.4 is 0 Å². The van der Waals surface area contributed by atoms with Gasteiger partial charge in [-0.2, -0.15) is 15.3 Å². The van der Waals surface area contributed by atoms with Crippen molar-refractivity contribution >= 4 is 10.2 Å². The second-order valence-corrected chi connectivity index (χ2v) is 7.10. The minimum atomic E-state index is -0.672. The van der Waals surface area contributed by atoms with Gasteiger partial charge in [0.05, 0.1) is 6.20 Å². The molecule has 0 spiro atoms. The first-order valence-corrected chi connectivity index (χ1v) is 6.36. The highest BCUT2D eigenvalue weighted by Crippen LogP contribution is 2.39. The predicted octanol–water partition coefficient (Wildman–Crippen LogP) is 2.04. The number of aromatic nitrogens is 2. The molecule has 1 aromatic heterocycles. The van der Waals surface area contributed by atoms with Crippen molar-refractivity contribution in [1.29, 1.82) is 0 Å². The maximum atomic E-state index is 4.31. The van der Waals surface area contributed by atoms with Gasteiger partial charge >= 0.3 is 0 Å². The zero-order valence-electron chi connectivity index (χ0n) is 7.66. The van der Waals surface area contributed by atoms with E-state index in [1.807, 2.05) is 6.20 Å². The fraction of sp³-hybridized carbons (Fsp3) is 0.625. The lowest BCUT2D eigenvalue weighted by Gasteiger charge is -2.29. The van der Waals surface area contributed by atoms with E-state index in [1.165, 1.54) is 11.3 Å². The van der Waals surface area contributed by atoms with Crippen LogP contribution in [0.15, 0.2) is 12.4 Å². The SMILES string of the molecule is CCS(C)(C)n1cc(C)cn1. The second-order valence-electron chi connectivity index (χ2n) is 3.19. The van der Waals surface area contributed by atoms with Crippen LogP contribution in [0.3, 0.4) is 0 Å². The first kappa shape index (κ1) is 8.65. The molecule has 0 atom stereocenters. The normalized spacial score (nSPS) is 13.5. The monoisotopic (exact) mass is 172 g/mol. The van der Waals surface area contributed by atoms with Crippen molar-refractivity contribution < 1.29 is 0 Å². The maximum Gasteiger partial charge on any atom is 0.0528 e. The number of hydrogen-bond donors (Lipinski definition) is 0. The lowest BCUT2D eigenvalue weighted by Crippen LogP contribution is -2.09. The summed E-state index contributed by atoms with van der Waals surface area (Å²) < 4.78 is 2.11. The minimum Gasteiger partial charge on any atom is -0.234 e. The molecule has 11 heavy (non-hydrogen) atoms. The Hall–Kier alpha value is -0.440. The molecule has 0 aliphatic carbocycles. The highest BCUT2D eigenvalue weighted by Gasteiger charge is 2.10. The molecule has 0 aliphatic heterocycles. The number of rotatable bonds is 2. The average molecular weight is 172 g/mol. The third kappa shape index (κ3) is 1.77. The largest absolute Gasteiger partial charge is 0.234 e.